The number of benzene rings is 1. The minimum atomic E-state index is -0.688. The molecule has 6 heteroatoms. The number of rotatable bonds is 2. The van der Waals surface area contributed by atoms with E-state index < -0.39 is 11.6 Å². The van der Waals surface area contributed by atoms with E-state index in [1.807, 2.05) is 26.0 Å². The first-order valence-electron chi connectivity index (χ1n) is 5.91. The van der Waals surface area contributed by atoms with Crippen LogP contribution in [0.15, 0.2) is 23.3 Å². The predicted octanol–water partition coefficient (Wildman–Crippen LogP) is 1.63. The molecular weight excluding hydrogens is 246 g/mol. The Morgan fingerprint density at radius 1 is 1.53 bits per heavy atom. The maximum Gasteiger partial charge on any atom is 0.332 e. The smallest absolute Gasteiger partial charge is 0.332 e. The van der Waals surface area contributed by atoms with Crippen LogP contribution >= 0.6 is 0 Å². The molecular formula is C13H17N3O3. The minimum absolute atomic E-state index is 0.405. The first-order valence-corrected chi connectivity index (χ1v) is 5.91. The molecule has 19 heavy (non-hydrogen) atoms. The van der Waals surface area contributed by atoms with Gasteiger partial charge in [-0.1, -0.05) is 0 Å². The molecule has 2 amide bonds. The topological polar surface area (TPSA) is 85.9 Å². The molecule has 0 aromatic heterocycles. The molecule has 3 N–H and O–H groups in total. The zero-order chi connectivity index (χ0) is 14.0. The molecule has 0 spiro atoms. The van der Waals surface area contributed by atoms with Crippen molar-refractivity contribution in [2.24, 2.45) is 10.8 Å². The van der Waals surface area contributed by atoms with Crippen LogP contribution in [-0.4, -0.2) is 24.5 Å². The van der Waals surface area contributed by atoms with E-state index in [2.05, 4.69) is 10.5 Å². The van der Waals surface area contributed by atoms with Crippen LogP contribution in [0.2, 0.25) is 0 Å². The van der Waals surface area contributed by atoms with Gasteiger partial charge in [0.1, 0.15) is 17.1 Å². The fourth-order valence-corrected chi connectivity index (χ4v) is 2.01. The molecule has 1 heterocycles. The third-order valence-corrected chi connectivity index (χ3v) is 2.78. The standard InChI is InChI=1S/C13H17N3O3/c1-13(2)7-10(15-16-12(14)17)9-5-4-8(18-3)6-11(9)19-13/h4-6H,7H2,1-3H3,(H3,14,16,17)/b15-10+. The Labute approximate surface area is 111 Å². The van der Waals surface area contributed by atoms with Crippen molar-refractivity contribution in [1.29, 1.82) is 0 Å². The molecule has 1 aliphatic rings. The zero-order valence-corrected chi connectivity index (χ0v) is 11.2. The largest absolute Gasteiger partial charge is 0.497 e. The summed E-state index contributed by atoms with van der Waals surface area (Å²) < 4.78 is 11.1. The summed E-state index contributed by atoms with van der Waals surface area (Å²) in [6.45, 7) is 3.91. The van der Waals surface area contributed by atoms with E-state index in [0.29, 0.717) is 17.9 Å². The van der Waals surface area contributed by atoms with E-state index >= 15 is 0 Å². The average molecular weight is 263 g/mol. The fraction of sp³-hybridized carbons (Fsp3) is 0.385. The lowest BCUT2D eigenvalue weighted by Gasteiger charge is -2.33. The van der Waals surface area contributed by atoms with Gasteiger partial charge in [0, 0.05) is 18.1 Å². The Balaban J connectivity index is 2.43. The van der Waals surface area contributed by atoms with Crippen molar-refractivity contribution in [2.75, 3.05) is 7.11 Å². The van der Waals surface area contributed by atoms with Crippen LogP contribution in [0.5, 0.6) is 11.5 Å². The lowest BCUT2D eigenvalue weighted by Crippen LogP contribution is -2.37. The van der Waals surface area contributed by atoms with Crippen LogP contribution in [0.1, 0.15) is 25.8 Å². The maximum absolute atomic E-state index is 10.8. The second-order valence-electron chi connectivity index (χ2n) is 4.94. The van der Waals surface area contributed by atoms with Crippen molar-refractivity contribution in [3.8, 4) is 11.5 Å². The van der Waals surface area contributed by atoms with Crippen molar-refractivity contribution in [2.45, 2.75) is 25.9 Å². The Hall–Kier alpha value is -2.24. The number of urea groups is 1. The number of fused-ring (bicyclic) bond motifs is 1. The van der Waals surface area contributed by atoms with E-state index in [9.17, 15) is 4.79 Å². The number of hydrogen-bond donors (Lipinski definition) is 2. The fourth-order valence-electron chi connectivity index (χ4n) is 2.01. The second kappa shape index (κ2) is 4.79. The lowest BCUT2D eigenvalue weighted by atomic mass is 9.92. The number of carbonyl (C=O) groups excluding carboxylic acids is 1. The highest BCUT2D eigenvalue weighted by Crippen LogP contribution is 2.35. The van der Waals surface area contributed by atoms with Crippen LogP contribution in [0.25, 0.3) is 0 Å². The summed E-state index contributed by atoms with van der Waals surface area (Å²) >= 11 is 0. The lowest BCUT2D eigenvalue weighted by molar-refractivity contribution is 0.111. The molecule has 2 rings (SSSR count). The van der Waals surface area contributed by atoms with E-state index in [0.717, 1.165) is 11.3 Å². The third kappa shape index (κ3) is 2.96. The van der Waals surface area contributed by atoms with Gasteiger partial charge in [-0.15, -0.1) is 0 Å². The summed E-state index contributed by atoms with van der Waals surface area (Å²) in [4.78, 5) is 10.8. The third-order valence-electron chi connectivity index (χ3n) is 2.78. The van der Waals surface area contributed by atoms with Gasteiger partial charge in [0.25, 0.3) is 0 Å². The number of nitrogens with zero attached hydrogens (tertiary/aromatic N) is 1. The van der Waals surface area contributed by atoms with E-state index in [-0.39, 0.29) is 0 Å². The Morgan fingerprint density at radius 3 is 2.89 bits per heavy atom. The first kappa shape index (κ1) is 13.2. The number of nitrogens with two attached hydrogens (primary N) is 1. The van der Waals surface area contributed by atoms with Gasteiger partial charge in [-0.25, -0.2) is 10.2 Å². The number of carbonyl (C=O) groups is 1. The highest BCUT2D eigenvalue weighted by molar-refractivity contribution is 6.04. The molecule has 0 saturated heterocycles. The normalized spacial score (nSPS) is 18.4. The van der Waals surface area contributed by atoms with Crippen molar-refractivity contribution in [3.05, 3.63) is 23.8 Å². The average Bonchev–Trinajstić information content (AvgIpc) is 2.33. The van der Waals surface area contributed by atoms with Gasteiger partial charge in [0.05, 0.1) is 12.8 Å². The van der Waals surface area contributed by atoms with Crippen LogP contribution in [0.3, 0.4) is 0 Å². The molecule has 0 atom stereocenters. The van der Waals surface area contributed by atoms with Gasteiger partial charge < -0.3 is 15.2 Å². The number of hydrazone groups is 1. The van der Waals surface area contributed by atoms with Gasteiger partial charge in [-0.05, 0) is 26.0 Å². The van der Waals surface area contributed by atoms with E-state index in [1.165, 1.54) is 0 Å². The second-order valence-corrected chi connectivity index (χ2v) is 4.94. The van der Waals surface area contributed by atoms with Crippen molar-refractivity contribution in [1.82, 2.24) is 5.43 Å². The zero-order valence-electron chi connectivity index (χ0n) is 11.2. The monoisotopic (exact) mass is 263 g/mol. The van der Waals surface area contributed by atoms with Crippen molar-refractivity contribution < 1.29 is 14.3 Å². The molecule has 0 unspecified atom stereocenters. The summed E-state index contributed by atoms with van der Waals surface area (Å²) in [7, 11) is 1.60. The van der Waals surface area contributed by atoms with Crippen molar-refractivity contribution >= 4 is 11.7 Å². The molecule has 0 saturated carbocycles. The Bertz CT molecular complexity index is 538. The highest BCUT2D eigenvalue weighted by atomic mass is 16.5. The van der Waals surface area contributed by atoms with Crippen LogP contribution in [0, 0.1) is 0 Å². The van der Waals surface area contributed by atoms with E-state index in [1.54, 1.807) is 13.2 Å². The molecule has 102 valence electrons. The van der Waals surface area contributed by atoms with Gasteiger partial charge in [0.15, 0.2) is 0 Å². The van der Waals surface area contributed by atoms with Gasteiger partial charge in [0.2, 0.25) is 0 Å². The number of primary amides is 1. The summed E-state index contributed by atoms with van der Waals surface area (Å²) in [5, 5.41) is 4.05. The highest BCUT2D eigenvalue weighted by Gasteiger charge is 2.31. The summed E-state index contributed by atoms with van der Waals surface area (Å²) in [5.41, 5.74) is 8.45. The minimum Gasteiger partial charge on any atom is -0.497 e. The first-order chi connectivity index (χ1) is 8.91. The van der Waals surface area contributed by atoms with Gasteiger partial charge >= 0.3 is 6.03 Å². The molecule has 1 aliphatic heterocycles. The molecule has 0 bridgehead atoms. The number of nitrogens with one attached hydrogen (secondary N) is 1. The van der Waals surface area contributed by atoms with Crippen molar-refractivity contribution in [3.63, 3.8) is 0 Å². The molecule has 0 aliphatic carbocycles. The predicted molar refractivity (Wildman–Crippen MR) is 71.6 cm³/mol. The van der Waals surface area contributed by atoms with Crippen LogP contribution in [0.4, 0.5) is 4.79 Å². The summed E-state index contributed by atoms with van der Waals surface area (Å²) in [5.74, 6) is 1.39. The van der Waals surface area contributed by atoms with Gasteiger partial charge in [-0.3, -0.25) is 0 Å². The summed E-state index contributed by atoms with van der Waals surface area (Å²) in [6, 6.07) is 4.79. The quantitative estimate of drug-likeness (QED) is 0.795. The Kier molecular flexibility index (Phi) is 3.33. The Morgan fingerprint density at radius 2 is 2.26 bits per heavy atom. The number of hydrogen-bond acceptors (Lipinski definition) is 4. The van der Waals surface area contributed by atoms with Crippen LogP contribution in [-0.2, 0) is 0 Å². The molecule has 0 fully saturated rings. The van der Waals surface area contributed by atoms with Crippen LogP contribution < -0.4 is 20.6 Å². The van der Waals surface area contributed by atoms with E-state index in [4.69, 9.17) is 15.2 Å². The SMILES string of the molecule is COc1ccc2c(c1)OC(C)(C)C/C2=N\NC(N)=O. The van der Waals surface area contributed by atoms with Gasteiger partial charge in [-0.2, -0.15) is 5.10 Å². The summed E-state index contributed by atoms with van der Waals surface area (Å²) in [6.07, 6.45) is 0.576. The molecule has 1 aromatic carbocycles. The molecule has 1 aromatic rings. The molecule has 0 radical (unpaired) electrons. The number of amides is 2. The maximum atomic E-state index is 10.8. The number of ether oxygens (including phenoxy) is 2. The number of methoxy groups -OCH3 is 1. The molecule has 6 nitrogen and oxygen atoms in total.